The van der Waals surface area contributed by atoms with E-state index in [4.69, 9.17) is 0 Å². The molecule has 0 radical (unpaired) electrons. The van der Waals surface area contributed by atoms with Gasteiger partial charge in [-0.3, -0.25) is 0 Å². The summed E-state index contributed by atoms with van der Waals surface area (Å²) in [7, 11) is 0. The lowest BCUT2D eigenvalue weighted by atomic mass is 10.1. The molecule has 15 heavy (non-hydrogen) atoms. The van der Waals surface area contributed by atoms with Crippen molar-refractivity contribution < 1.29 is 0 Å². The summed E-state index contributed by atoms with van der Waals surface area (Å²) in [5, 5.41) is 7.05. The molecule has 1 saturated heterocycles. The summed E-state index contributed by atoms with van der Waals surface area (Å²) in [6.45, 7) is 2.10. The summed E-state index contributed by atoms with van der Waals surface area (Å²) < 4.78 is 0. The molecular formula is C13H20N2. The van der Waals surface area contributed by atoms with Crippen molar-refractivity contribution in [1.29, 1.82) is 0 Å². The first kappa shape index (κ1) is 10.5. The maximum Gasteiger partial charge on any atom is 0.0466 e. The predicted octanol–water partition coefficient (Wildman–Crippen LogP) is 2.12. The molecule has 2 aliphatic rings. The Morgan fingerprint density at radius 1 is 1.13 bits per heavy atom. The molecule has 0 spiro atoms. The highest BCUT2D eigenvalue weighted by atomic mass is 15.0. The molecular weight excluding hydrogens is 184 g/mol. The van der Waals surface area contributed by atoms with Crippen molar-refractivity contribution >= 4 is 0 Å². The molecule has 2 nitrogen and oxygen atoms in total. The highest BCUT2D eigenvalue weighted by Gasteiger charge is 2.17. The van der Waals surface area contributed by atoms with Crippen LogP contribution in [0.2, 0.25) is 0 Å². The minimum atomic E-state index is 0.571. The third-order valence-electron chi connectivity index (χ3n) is 2.94. The minimum absolute atomic E-state index is 0.571. The largest absolute Gasteiger partial charge is 0.384 e. The molecule has 0 saturated carbocycles. The second-order valence-electron chi connectivity index (χ2n) is 4.12. The molecule has 0 aromatic carbocycles. The maximum atomic E-state index is 3.54. The number of allylic oxidation sites excluding steroid dienone is 4. The van der Waals surface area contributed by atoms with Crippen LogP contribution in [-0.4, -0.2) is 19.1 Å². The van der Waals surface area contributed by atoms with Crippen LogP contribution in [0.25, 0.3) is 0 Å². The molecule has 0 amide bonds. The monoisotopic (exact) mass is 204 g/mol. The predicted molar refractivity (Wildman–Crippen MR) is 64.6 cm³/mol. The van der Waals surface area contributed by atoms with E-state index in [-0.39, 0.29) is 0 Å². The highest BCUT2D eigenvalue weighted by Crippen LogP contribution is 2.13. The van der Waals surface area contributed by atoms with Gasteiger partial charge in [-0.15, -0.1) is 0 Å². The van der Waals surface area contributed by atoms with E-state index in [1.807, 2.05) is 0 Å². The van der Waals surface area contributed by atoms with Crippen molar-refractivity contribution in [3.63, 3.8) is 0 Å². The fourth-order valence-electron chi connectivity index (χ4n) is 2.12. The normalized spacial score (nSPS) is 34.9. The van der Waals surface area contributed by atoms with Crippen LogP contribution >= 0.6 is 0 Å². The topological polar surface area (TPSA) is 24.1 Å². The molecule has 0 unspecified atom stereocenters. The summed E-state index contributed by atoms with van der Waals surface area (Å²) in [4.78, 5) is 0. The van der Waals surface area contributed by atoms with Gasteiger partial charge in [0.15, 0.2) is 0 Å². The van der Waals surface area contributed by atoms with Gasteiger partial charge in [-0.05, 0) is 32.2 Å². The number of nitrogens with one attached hydrogen (secondary N) is 2. The second kappa shape index (κ2) is 5.76. The third-order valence-corrected chi connectivity index (χ3v) is 2.94. The Hall–Kier alpha value is -1.02. The Morgan fingerprint density at radius 3 is 2.93 bits per heavy atom. The molecule has 2 heterocycles. The standard InChI is InChI=1S/C13H20N2/c1-2-4-6-10-14-12(8-5-3-1)13-9-7-11-15-13/h1-2,4,6,8,13-15H,3,5,7,9-11H2/b2-1-,6-4-,12-8-/t13-/m0/s1. The van der Waals surface area contributed by atoms with Gasteiger partial charge in [0.1, 0.15) is 0 Å². The maximum absolute atomic E-state index is 3.54. The van der Waals surface area contributed by atoms with Crippen molar-refractivity contribution in [2.75, 3.05) is 13.1 Å². The fraction of sp³-hybridized carbons (Fsp3) is 0.538. The smallest absolute Gasteiger partial charge is 0.0466 e. The van der Waals surface area contributed by atoms with Gasteiger partial charge < -0.3 is 10.6 Å². The summed E-state index contributed by atoms with van der Waals surface area (Å²) in [5.41, 5.74) is 1.40. The van der Waals surface area contributed by atoms with Crippen LogP contribution in [0.4, 0.5) is 0 Å². The number of hydrogen-bond acceptors (Lipinski definition) is 2. The molecule has 2 N–H and O–H groups in total. The van der Waals surface area contributed by atoms with Crippen LogP contribution in [0.1, 0.15) is 25.7 Å². The molecule has 0 aromatic rings. The molecule has 2 aliphatic heterocycles. The van der Waals surface area contributed by atoms with Crippen molar-refractivity contribution in [2.24, 2.45) is 0 Å². The van der Waals surface area contributed by atoms with Gasteiger partial charge in [0.2, 0.25) is 0 Å². The first-order valence-electron chi connectivity index (χ1n) is 5.96. The van der Waals surface area contributed by atoms with Gasteiger partial charge in [-0.1, -0.05) is 30.4 Å². The Morgan fingerprint density at radius 2 is 2.07 bits per heavy atom. The SMILES string of the molecule is C1=C\CC/C=C(/[C@@H]2CCCN2)NC\C=C/1. The van der Waals surface area contributed by atoms with Crippen molar-refractivity contribution in [1.82, 2.24) is 10.6 Å². The minimum Gasteiger partial charge on any atom is -0.384 e. The van der Waals surface area contributed by atoms with Crippen LogP contribution in [0.15, 0.2) is 36.1 Å². The molecule has 1 fully saturated rings. The quantitative estimate of drug-likeness (QED) is 0.683. The molecule has 1 atom stereocenters. The average molecular weight is 204 g/mol. The van der Waals surface area contributed by atoms with Gasteiger partial charge in [0, 0.05) is 18.3 Å². The second-order valence-corrected chi connectivity index (χ2v) is 4.12. The van der Waals surface area contributed by atoms with E-state index < -0.39 is 0 Å². The van der Waals surface area contributed by atoms with E-state index in [9.17, 15) is 0 Å². The van der Waals surface area contributed by atoms with Crippen molar-refractivity contribution in [2.45, 2.75) is 31.7 Å². The van der Waals surface area contributed by atoms with Crippen molar-refractivity contribution in [3.8, 4) is 0 Å². The van der Waals surface area contributed by atoms with Gasteiger partial charge in [0.25, 0.3) is 0 Å². The van der Waals surface area contributed by atoms with Crippen molar-refractivity contribution in [3.05, 3.63) is 36.1 Å². The van der Waals surface area contributed by atoms with Crippen LogP contribution in [0, 0.1) is 0 Å². The van der Waals surface area contributed by atoms with E-state index in [0.29, 0.717) is 6.04 Å². The molecule has 2 heteroatoms. The fourth-order valence-corrected chi connectivity index (χ4v) is 2.12. The van der Waals surface area contributed by atoms with E-state index in [2.05, 4.69) is 41.0 Å². The van der Waals surface area contributed by atoms with Gasteiger partial charge in [-0.2, -0.15) is 0 Å². The zero-order valence-corrected chi connectivity index (χ0v) is 9.21. The first-order valence-corrected chi connectivity index (χ1v) is 5.96. The number of hydrogen-bond donors (Lipinski definition) is 2. The Bertz CT molecular complexity index is 270. The van der Waals surface area contributed by atoms with Crippen LogP contribution < -0.4 is 10.6 Å². The van der Waals surface area contributed by atoms with E-state index >= 15 is 0 Å². The molecule has 0 aliphatic carbocycles. The molecule has 0 aromatic heterocycles. The van der Waals surface area contributed by atoms with Gasteiger partial charge in [0.05, 0.1) is 0 Å². The third kappa shape index (κ3) is 3.24. The van der Waals surface area contributed by atoms with E-state index in [1.54, 1.807) is 0 Å². The lowest BCUT2D eigenvalue weighted by molar-refractivity contribution is 0.631. The van der Waals surface area contributed by atoms with Crippen LogP contribution in [0.5, 0.6) is 0 Å². The lowest BCUT2D eigenvalue weighted by Gasteiger charge is -2.17. The summed E-state index contributed by atoms with van der Waals surface area (Å²) in [6.07, 6.45) is 15.9. The van der Waals surface area contributed by atoms with E-state index in [1.165, 1.54) is 25.1 Å². The summed E-state index contributed by atoms with van der Waals surface area (Å²) >= 11 is 0. The Kier molecular flexibility index (Phi) is 4.03. The zero-order valence-electron chi connectivity index (χ0n) is 9.21. The zero-order chi connectivity index (χ0) is 10.3. The molecule has 82 valence electrons. The lowest BCUT2D eigenvalue weighted by Crippen LogP contribution is -2.31. The number of rotatable bonds is 1. The molecule has 2 rings (SSSR count). The Labute approximate surface area is 92.1 Å². The van der Waals surface area contributed by atoms with Crippen LogP contribution in [0.3, 0.4) is 0 Å². The first-order chi connectivity index (χ1) is 7.47. The summed E-state index contributed by atoms with van der Waals surface area (Å²) in [6, 6.07) is 0.571. The van der Waals surface area contributed by atoms with Gasteiger partial charge >= 0.3 is 0 Å². The summed E-state index contributed by atoms with van der Waals surface area (Å²) in [5.74, 6) is 0. The average Bonchev–Trinajstić information content (AvgIpc) is 2.79. The Balaban J connectivity index is 1.98. The van der Waals surface area contributed by atoms with Crippen LogP contribution in [-0.2, 0) is 0 Å². The highest BCUT2D eigenvalue weighted by molar-refractivity contribution is 5.14. The van der Waals surface area contributed by atoms with Gasteiger partial charge in [-0.25, -0.2) is 0 Å². The molecule has 0 bridgehead atoms. The van der Waals surface area contributed by atoms with E-state index in [0.717, 1.165) is 19.4 Å².